The number of nitrogens with one attached hydrogen (secondary N) is 1. The zero-order chi connectivity index (χ0) is 15.3. The molecular weight excluding hydrogens is 288 g/mol. The molecule has 0 aromatic heterocycles. The summed E-state index contributed by atoms with van der Waals surface area (Å²) in [6.07, 6.45) is 2.07. The molecule has 6 heteroatoms. The van der Waals surface area contributed by atoms with Crippen LogP contribution in [0.1, 0.15) is 19.8 Å². The third kappa shape index (κ3) is 3.96. The number of nitrogens with zero attached hydrogens (tertiary/aromatic N) is 1. The van der Waals surface area contributed by atoms with E-state index in [1.807, 2.05) is 6.92 Å². The average Bonchev–Trinajstić information content (AvgIpc) is 2.53. The molecule has 1 aromatic rings. The lowest BCUT2D eigenvalue weighted by Crippen LogP contribution is -2.39. The van der Waals surface area contributed by atoms with E-state index in [9.17, 15) is 8.42 Å². The molecule has 0 radical (unpaired) electrons. The van der Waals surface area contributed by atoms with Gasteiger partial charge in [0.15, 0.2) is 0 Å². The monoisotopic (exact) mass is 312 g/mol. The van der Waals surface area contributed by atoms with Crippen LogP contribution in [0.5, 0.6) is 5.75 Å². The number of piperidine rings is 1. The van der Waals surface area contributed by atoms with Crippen LogP contribution in [-0.4, -0.2) is 46.0 Å². The van der Waals surface area contributed by atoms with Crippen LogP contribution in [0.4, 0.5) is 0 Å². The van der Waals surface area contributed by atoms with Gasteiger partial charge in [-0.05, 0) is 56.1 Å². The Kier molecular flexibility index (Phi) is 5.61. The number of ether oxygens (including phenoxy) is 1. The first-order chi connectivity index (χ1) is 10.1. The molecule has 1 aromatic carbocycles. The quantitative estimate of drug-likeness (QED) is 0.869. The zero-order valence-electron chi connectivity index (χ0n) is 12.7. The molecule has 1 aliphatic heterocycles. The third-order valence-electron chi connectivity index (χ3n) is 3.97. The van der Waals surface area contributed by atoms with Crippen molar-refractivity contribution in [1.29, 1.82) is 0 Å². The van der Waals surface area contributed by atoms with Crippen molar-refractivity contribution < 1.29 is 13.2 Å². The molecule has 0 bridgehead atoms. The third-order valence-corrected chi connectivity index (χ3v) is 5.93. The van der Waals surface area contributed by atoms with Crippen LogP contribution in [-0.2, 0) is 10.0 Å². The van der Waals surface area contributed by atoms with Crippen molar-refractivity contribution in [3.63, 3.8) is 0 Å². The van der Waals surface area contributed by atoms with Crippen molar-refractivity contribution in [2.75, 3.05) is 33.3 Å². The summed E-state index contributed by atoms with van der Waals surface area (Å²) in [5.74, 6) is 1.11. The molecule has 1 N–H and O–H groups in total. The van der Waals surface area contributed by atoms with Crippen molar-refractivity contribution in [3.8, 4) is 5.75 Å². The summed E-state index contributed by atoms with van der Waals surface area (Å²) >= 11 is 0. The van der Waals surface area contributed by atoms with E-state index in [4.69, 9.17) is 4.74 Å². The van der Waals surface area contributed by atoms with Gasteiger partial charge in [0, 0.05) is 13.1 Å². The molecule has 5 nitrogen and oxygen atoms in total. The van der Waals surface area contributed by atoms with Gasteiger partial charge in [0.2, 0.25) is 10.0 Å². The van der Waals surface area contributed by atoms with Gasteiger partial charge in [-0.25, -0.2) is 8.42 Å². The van der Waals surface area contributed by atoms with E-state index in [1.54, 1.807) is 35.7 Å². The van der Waals surface area contributed by atoms with E-state index in [2.05, 4.69) is 5.32 Å². The summed E-state index contributed by atoms with van der Waals surface area (Å²) in [5.41, 5.74) is 0. The van der Waals surface area contributed by atoms with Gasteiger partial charge in [0.1, 0.15) is 5.75 Å². The molecule has 21 heavy (non-hydrogen) atoms. The Bertz CT molecular complexity index is 537. The minimum Gasteiger partial charge on any atom is -0.497 e. The number of rotatable bonds is 6. The lowest BCUT2D eigenvalue weighted by molar-refractivity contribution is 0.294. The lowest BCUT2D eigenvalue weighted by Gasteiger charge is -2.28. The average molecular weight is 312 g/mol. The molecule has 2 rings (SSSR count). The number of hydrogen-bond donors (Lipinski definition) is 1. The predicted octanol–water partition coefficient (Wildman–Crippen LogP) is 1.71. The fourth-order valence-corrected chi connectivity index (χ4v) is 4.17. The van der Waals surface area contributed by atoms with Crippen molar-refractivity contribution in [2.24, 2.45) is 5.92 Å². The first kappa shape index (κ1) is 16.3. The van der Waals surface area contributed by atoms with Gasteiger partial charge in [-0.1, -0.05) is 6.92 Å². The SMILES string of the molecule is CCN(CC1CCNCC1)S(=O)(=O)c1ccc(OC)cc1. The number of benzene rings is 1. The summed E-state index contributed by atoms with van der Waals surface area (Å²) in [6.45, 7) is 4.95. The number of methoxy groups -OCH3 is 1. The van der Waals surface area contributed by atoms with E-state index < -0.39 is 10.0 Å². The minimum atomic E-state index is -3.42. The van der Waals surface area contributed by atoms with Crippen LogP contribution in [0.3, 0.4) is 0 Å². The topological polar surface area (TPSA) is 58.6 Å². The van der Waals surface area contributed by atoms with Gasteiger partial charge in [0.25, 0.3) is 0 Å². The van der Waals surface area contributed by atoms with Crippen molar-refractivity contribution in [1.82, 2.24) is 9.62 Å². The Morgan fingerprint density at radius 2 is 1.86 bits per heavy atom. The van der Waals surface area contributed by atoms with Crippen LogP contribution < -0.4 is 10.1 Å². The van der Waals surface area contributed by atoms with Gasteiger partial charge in [-0.3, -0.25) is 0 Å². The standard InChI is InChI=1S/C15H24N2O3S/c1-3-17(12-13-8-10-16-11-9-13)21(18,19)15-6-4-14(20-2)5-7-15/h4-7,13,16H,3,8-12H2,1-2H3. The molecule has 118 valence electrons. The van der Waals surface area contributed by atoms with Crippen LogP contribution in [0.2, 0.25) is 0 Å². The zero-order valence-corrected chi connectivity index (χ0v) is 13.5. The molecule has 1 heterocycles. The van der Waals surface area contributed by atoms with Crippen LogP contribution in [0.15, 0.2) is 29.2 Å². The minimum absolute atomic E-state index is 0.332. The summed E-state index contributed by atoms with van der Waals surface area (Å²) in [5, 5.41) is 3.31. The van der Waals surface area contributed by atoms with Crippen LogP contribution in [0.25, 0.3) is 0 Å². The van der Waals surface area contributed by atoms with Gasteiger partial charge < -0.3 is 10.1 Å². The first-order valence-electron chi connectivity index (χ1n) is 7.43. The normalized spacial score (nSPS) is 17.1. The Hall–Kier alpha value is -1.11. The number of hydrogen-bond acceptors (Lipinski definition) is 4. The second-order valence-electron chi connectivity index (χ2n) is 5.32. The smallest absolute Gasteiger partial charge is 0.243 e. The lowest BCUT2D eigenvalue weighted by atomic mass is 9.98. The highest BCUT2D eigenvalue weighted by atomic mass is 32.2. The molecule has 0 spiro atoms. The van der Waals surface area contributed by atoms with Gasteiger partial charge in [-0.15, -0.1) is 0 Å². The van der Waals surface area contributed by atoms with Crippen LogP contribution >= 0.6 is 0 Å². The molecule has 0 amide bonds. The van der Waals surface area contributed by atoms with Crippen molar-refractivity contribution in [3.05, 3.63) is 24.3 Å². The van der Waals surface area contributed by atoms with E-state index >= 15 is 0 Å². The second kappa shape index (κ2) is 7.24. The highest BCUT2D eigenvalue weighted by molar-refractivity contribution is 7.89. The number of sulfonamides is 1. The van der Waals surface area contributed by atoms with E-state index in [0.29, 0.717) is 29.7 Å². The molecular formula is C15H24N2O3S. The fourth-order valence-electron chi connectivity index (χ4n) is 2.65. The Balaban J connectivity index is 2.13. The van der Waals surface area contributed by atoms with Crippen molar-refractivity contribution >= 4 is 10.0 Å². The Morgan fingerprint density at radius 3 is 2.38 bits per heavy atom. The predicted molar refractivity (Wildman–Crippen MR) is 83.0 cm³/mol. The van der Waals surface area contributed by atoms with Gasteiger partial charge >= 0.3 is 0 Å². The maximum absolute atomic E-state index is 12.7. The molecule has 0 unspecified atom stereocenters. The first-order valence-corrected chi connectivity index (χ1v) is 8.87. The summed E-state index contributed by atoms with van der Waals surface area (Å²) in [7, 11) is -1.85. The highest BCUT2D eigenvalue weighted by Gasteiger charge is 2.26. The van der Waals surface area contributed by atoms with E-state index in [-0.39, 0.29) is 0 Å². The van der Waals surface area contributed by atoms with Crippen LogP contribution in [0, 0.1) is 5.92 Å². The van der Waals surface area contributed by atoms with E-state index in [0.717, 1.165) is 25.9 Å². The van der Waals surface area contributed by atoms with E-state index in [1.165, 1.54) is 0 Å². The molecule has 0 saturated carbocycles. The highest BCUT2D eigenvalue weighted by Crippen LogP contribution is 2.22. The van der Waals surface area contributed by atoms with Crippen molar-refractivity contribution in [2.45, 2.75) is 24.7 Å². The Morgan fingerprint density at radius 1 is 1.24 bits per heavy atom. The summed E-state index contributed by atoms with van der Waals surface area (Å²) in [6, 6.07) is 6.59. The maximum atomic E-state index is 12.7. The van der Waals surface area contributed by atoms with Gasteiger partial charge in [-0.2, -0.15) is 4.31 Å². The molecule has 0 aliphatic carbocycles. The molecule has 1 fully saturated rings. The summed E-state index contributed by atoms with van der Waals surface area (Å²) in [4.78, 5) is 0.332. The second-order valence-corrected chi connectivity index (χ2v) is 7.26. The molecule has 0 atom stereocenters. The largest absolute Gasteiger partial charge is 0.497 e. The molecule has 1 aliphatic rings. The van der Waals surface area contributed by atoms with Gasteiger partial charge in [0.05, 0.1) is 12.0 Å². The molecule has 1 saturated heterocycles. The summed E-state index contributed by atoms with van der Waals surface area (Å²) < 4.78 is 32.1. The maximum Gasteiger partial charge on any atom is 0.243 e. The Labute approximate surface area is 127 Å². The fraction of sp³-hybridized carbons (Fsp3) is 0.600.